The van der Waals surface area contributed by atoms with Crippen molar-refractivity contribution in [1.29, 1.82) is 0 Å². The number of nitrogens with zero attached hydrogens (tertiary/aromatic N) is 2. The number of thioether (sulfide) groups is 1. The SMILES string of the molecule is COP(=O)(OC)Oc1cc(CNC[C@@H](O)[C@H](Cc2ccccc2)NC(=O)c2cccc(C(=O)N(C)CC3=NC(C)CS3)c2)cc(C(C)C)c1. The number of amides is 2. The zero-order valence-electron chi connectivity index (χ0n) is 28.9. The van der Waals surface area contributed by atoms with Crippen LogP contribution < -0.4 is 15.2 Å². The van der Waals surface area contributed by atoms with Crippen LogP contribution in [0.1, 0.15) is 64.1 Å². The van der Waals surface area contributed by atoms with E-state index in [0.29, 0.717) is 36.4 Å². The zero-order valence-corrected chi connectivity index (χ0v) is 30.6. The molecule has 3 aromatic carbocycles. The van der Waals surface area contributed by atoms with Gasteiger partial charge in [0.15, 0.2) is 0 Å². The van der Waals surface area contributed by atoms with Crippen molar-refractivity contribution in [1.82, 2.24) is 15.5 Å². The Labute approximate surface area is 293 Å². The van der Waals surface area contributed by atoms with Crippen LogP contribution >= 0.6 is 19.6 Å². The van der Waals surface area contributed by atoms with Crippen molar-refractivity contribution in [2.24, 2.45) is 4.99 Å². The molecule has 3 aromatic rings. The monoisotopic (exact) mass is 710 g/mol. The molecular formula is C36H47N4O7PS. The van der Waals surface area contributed by atoms with Crippen LogP contribution in [0.25, 0.3) is 0 Å². The topological polar surface area (TPSA) is 139 Å². The number of aliphatic hydroxyl groups excluding tert-OH is 1. The van der Waals surface area contributed by atoms with Gasteiger partial charge in [-0.25, -0.2) is 4.57 Å². The second kappa shape index (κ2) is 17.9. The highest BCUT2D eigenvalue weighted by atomic mass is 32.2. The van der Waals surface area contributed by atoms with Crippen LogP contribution in [0.15, 0.2) is 77.8 Å². The van der Waals surface area contributed by atoms with Crippen molar-refractivity contribution in [2.75, 3.05) is 40.1 Å². The standard InChI is InChI=1S/C36H47N4O7PS/c1-24(2)30-15-27(16-31(19-30)47-48(44,45-5)46-6)20-37-21-33(41)32(17-26-11-8-7-9-12-26)39-35(42)28-13-10-14-29(18-28)36(43)40(4)22-34-38-25(3)23-49-34/h7-16,18-19,24-25,32-33,37,41H,17,20-23H2,1-6H3,(H,39,42)/t25?,32-,33+/m0/s1. The van der Waals surface area contributed by atoms with Gasteiger partial charge in [0, 0.05) is 51.2 Å². The Morgan fingerprint density at radius 1 is 1.02 bits per heavy atom. The zero-order chi connectivity index (χ0) is 35.6. The number of phosphoric acid groups is 1. The van der Waals surface area contributed by atoms with Gasteiger partial charge in [-0.2, -0.15) is 0 Å². The van der Waals surface area contributed by atoms with Crippen LogP contribution in [0.2, 0.25) is 0 Å². The maximum absolute atomic E-state index is 13.6. The Morgan fingerprint density at radius 3 is 2.39 bits per heavy atom. The first-order valence-corrected chi connectivity index (χ1v) is 18.7. The van der Waals surface area contributed by atoms with Crippen LogP contribution in [-0.4, -0.2) is 85.2 Å². The van der Waals surface area contributed by atoms with E-state index in [1.165, 1.54) is 14.2 Å². The molecule has 11 nitrogen and oxygen atoms in total. The number of hydrogen-bond acceptors (Lipinski definition) is 10. The molecule has 0 fully saturated rings. The molecule has 0 aliphatic carbocycles. The molecule has 13 heteroatoms. The summed E-state index contributed by atoms with van der Waals surface area (Å²) in [6, 6.07) is 21.4. The minimum absolute atomic E-state index is 0.165. The van der Waals surface area contributed by atoms with E-state index in [9.17, 15) is 19.3 Å². The number of nitrogens with one attached hydrogen (secondary N) is 2. The summed E-state index contributed by atoms with van der Waals surface area (Å²) >= 11 is 1.66. The number of carbonyl (C=O) groups excluding carboxylic acids is 2. The molecule has 0 bridgehead atoms. The van der Waals surface area contributed by atoms with E-state index in [1.54, 1.807) is 60.1 Å². The van der Waals surface area contributed by atoms with E-state index in [1.807, 2.05) is 57.2 Å². The molecule has 0 spiro atoms. The van der Waals surface area contributed by atoms with Gasteiger partial charge in [-0.05, 0) is 66.3 Å². The van der Waals surface area contributed by atoms with Crippen LogP contribution in [0, 0.1) is 0 Å². The lowest BCUT2D eigenvalue weighted by Crippen LogP contribution is -2.48. The van der Waals surface area contributed by atoms with Gasteiger partial charge in [0.1, 0.15) is 5.75 Å². The van der Waals surface area contributed by atoms with Crippen molar-refractivity contribution < 1.29 is 32.8 Å². The lowest BCUT2D eigenvalue weighted by Gasteiger charge is -2.25. The van der Waals surface area contributed by atoms with Crippen molar-refractivity contribution in [3.8, 4) is 5.75 Å². The fourth-order valence-corrected chi connectivity index (χ4v) is 6.98. The summed E-state index contributed by atoms with van der Waals surface area (Å²) in [5.74, 6) is 0.825. The molecule has 0 aromatic heterocycles. The quantitative estimate of drug-likeness (QED) is 0.151. The van der Waals surface area contributed by atoms with E-state index in [2.05, 4.69) is 15.6 Å². The van der Waals surface area contributed by atoms with Gasteiger partial charge in [-0.1, -0.05) is 56.3 Å². The average Bonchev–Trinajstić information content (AvgIpc) is 3.51. The minimum Gasteiger partial charge on any atom is -0.404 e. The van der Waals surface area contributed by atoms with Gasteiger partial charge < -0.3 is 25.2 Å². The molecule has 0 saturated carbocycles. The highest BCUT2D eigenvalue weighted by molar-refractivity contribution is 8.14. The molecular weight excluding hydrogens is 663 g/mol. The second-order valence-electron chi connectivity index (χ2n) is 12.4. The largest absolute Gasteiger partial charge is 0.529 e. The average molecular weight is 711 g/mol. The minimum atomic E-state index is -3.75. The third-order valence-electron chi connectivity index (χ3n) is 8.03. The number of aliphatic hydroxyl groups is 1. The van der Waals surface area contributed by atoms with Crippen molar-refractivity contribution in [3.05, 3.63) is 101 Å². The third-order valence-corrected chi connectivity index (χ3v) is 10.6. The molecule has 0 saturated heterocycles. The number of aliphatic imine (C=N–C) groups is 1. The van der Waals surface area contributed by atoms with Crippen molar-refractivity contribution >= 4 is 36.4 Å². The van der Waals surface area contributed by atoms with Gasteiger partial charge >= 0.3 is 7.82 Å². The number of benzene rings is 3. The first-order valence-electron chi connectivity index (χ1n) is 16.2. The van der Waals surface area contributed by atoms with Gasteiger partial charge in [-0.3, -0.25) is 23.6 Å². The van der Waals surface area contributed by atoms with Crippen molar-refractivity contribution in [2.45, 2.75) is 57.8 Å². The maximum Gasteiger partial charge on any atom is 0.529 e. The Bertz CT molecular complexity index is 1650. The Hall–Kier alpha value is -3.51. The molecule has 3 atom stereocenters. The van der Waals surface area contributed by atoms with E-state index in [0.717, 1.165) is 27.5 Å². The summed E-state index contributed by atoms with van der Waals surface area (Å²) in [5.41, 5.74) is 3.48. The summed E-state index contributed by atoms with van der Waals surface area (Å²) in [6.45, 7) is 7.08. The van der Waals surface area contributed by atoms with Crippen molar-refractivity contribution in [3.63, 3.8) is 0 Å². The molecule has 1 heterocycles. The fraction of sp³-hybridized carbons (Fsp3) is 0.417. The molecule has 0 radical (unpaired) electrons. The summed E-state index contributed by atoms with van der Waals surface area (Å²) in [4.78, 5) is 33.0. The highest BCUT2D eigenvalue weighted by Gasteiger charge is 2.26. The number of hydrogen-bond donors (Lipinski definition) is 3. The van der Waals surface area contributed by atoms with Crippen LogP contribution in [0.4, 0.5) is 0 Å². The second-order valence-corrected chi connectivity index (χ2v) is 15.3. The van der Waals surface area contributed by atoms with E-state index in [4.69, 9.17) is 13.6 Å². The molecule has 1 aliphatic rings. The molecule has 264 valence electrons. The maximum atomic E-state index is 13.6. The summed E-state index contributed by atoms with van der Waals surface area (Å²) in [7, 11) is 0.492. The third kappa shape index (κ3) is 11.3. The van der Waals surface area contributed by atoms with Gasteiger partial charge in [0.25, 0.3) is 11.8 Å². The van der Waals surface area contributed by atoms with Gasteiger partial charge in [0.05, 0.1) is 29.8 Å². The summed E-state index contributed by atoms with van der Waals surface area (Å²) in [5, 5.41) is 18.6. The molecule has 3 N–H and O–H groups in total. The molecule has 1 aliphatic heterocycles. The predicted octanol–water partition coefficient (Wildman–Crippen LogP) is 5.69. The first-order chi connectivity index (χ1) is 23.4. The lowest BCUT2D eigenvalue weighted by molar-refractivity contribution is 0.0815. The molecule has 1 unspecified atom stereocenters. The summed E-state index contributed by atoms with van der Waals surface area (Å²) in [6.07, 6.45) is -0.572. The van der Waals surface area contributed by atoms with Crippen LogP contribution in [-0.2, 0) is 26.6 Å². The molecule has 2 amide bonds. The van der Waals surface area contributed by atoms with Gasteiger partial charge in [0.2, 0.25) is 0 Å². The van der Waals surface area contributed by atoms with E-state index in [-0.39, 0.29) is 24.4 Å². The Balaban J connectivity index is 1.45. The van der Waals surface area contributed by atoms with Crippen LogP contribution in [0.3, 0.4) is 0 Å². The van der Waals surface area contributed by atoms with E-state index < -0.39 is 25.9 Å². The number of carbonyl (C=O) groups is 2. The predicted molar refractivity (Wildman–Crippen MR) is 195 cm³/mol. The highest BCUT2D eigenvalue weighted by Crippen LogP contribution is 2.48. The number of phosphoric ester groups is 1. The van der Waals surface area contributed by atoms with Gasteiger partial charge in [-0.15, -0.1) is 11.8 Å². The Morgan fingerprint density at radius 2 is 1.73 bits per heavy atom. The first kappa shape index (κ1) is 38.3. The smallest absolute Gasteiger partial charge is 0.404 e. The molecule has 49 heavy (non-hydrogen) atoms. The van der Waals surface area contributed by atoms with Crippen LogP contribution in [0.5, 0.6) is 5.75 Å². The lowest BCUT2D eigenvalue weighted by atomic mass is 9.99. The normalized spacial score (nSPS) is 15.8. The molecule has 4 rings (SSSR count). The fourth-order valence-electron chi connectivity index (χ4n) is 5.27. The Kier molecular flexibility index (Phi) is 14.0. The van der Waals surface area contributed by atoms with E-state index >= 15 is 0 Å². The number of rotatable bonds is 17. The summed E-state index contributed by atoms with van der Waals surface area (Å²) < 4.78 is 28.1.